The fourth-order valence-corrected chi connectivity index (χ4v) is 4.06. The molecule has 0 saturated carbocycles. The summed E-state index contributed by atoms with van der Waals surface area (Å²) in [7, 11) is 1.87. The minimum absolute atomic E-state index is 0.00597. The normalized spacial score (nSPS) is 14.8. The van der Waals surface area contributed by atoms with E-state index in [-0.39, 0.29) is 29.7 Å². The largest absolute Gasteiger partial charge is 0.346 e. The zero-order valence-corrected chi connectivity index (χ0v) is 18.3. The molecule has 7 heteroatoms. The zero-order chi connectivity index (χ0) is 21.7. The molecule has 30 heavy (non-hydrogen) atoms. The van der Waals surface area contributed by atoms with Gasteiger partial charge in [-0.1, -0.05) is 25.5 Å². The van der Waals surface area contributed by atoms with Crippen molar-refractivity contribution in [3.05, 3.63) is 40.4 Å². The van der Waals surface area contributed by atoms with Gasteiger partial charge in [0, 0.05) is 45.6 Å². The van der Waals surface area contributed by atoms with Crippen LogP contribution in [0.15, 0.2) is 29.3 Å². The number of piperidine rings is 1. The highest BCUT2D eigenvalue weighted by atomic mass is 16.2. The van der Waals surface area contributed by atoms with Crippen molar-refractivity contribution in [1.82, 2.24) is 19.4 Å². The first-order chi connectivity index (χ1) is 14.4. The summed E-state index contributed by atoms with van der Waals surface area (Å²) in [6.45, 7) is 6.35. The fourth-order valence-electron chi connectivity index (χ4n) is 4.06. The molecule has 1 aliphatic rings. The van der Waals surface area contributed by atoms with Gasteiger partial charge in [-0.25, -0.2) is 4.98 Å². The number of fused-ring (bicyclic) bond motifs is 1. The van der Waals surface area contributed by atoms with Gasteiger partial charge in [0.05, 0.1) is 17.2 Å². The van der Waals surface area contributed by atoms with E-state index in [0.29, 0.717) is 43.4 Å². The van der Waals surface area contributed by atoms with E-state index in [1.54, 1.807) is 6.07 Å². The summed E-state index contributed by atoms with van der Waals surface area (Å²) < 4.78 is 1.51. The van der Waals surface area contributed by atoms with Crippen molar-refractivity contribution in [3.8, 4) is 0 Å². The molecular formula is C23H32N4O3. The molecular weight excluding hydrogens is 380 g/mol. The third-order valence-corrected chi connectivity index (χ3v) is 6.04. The van der Waals surface area contributed by atoms with E-state index < -0.39 is 0 Å². The van der Waals surface area contributed by atoms with Crippen molar-refractivity contribution in [2.24, 2.45) is 5.92 Å². The summed E-state index contributed by atoms with van der Waals surface area (Å²) in [6.07, 6.45) is 5.29. The molecule has 2 heterocycles. The van der Waals surface area contributed by atoms with E-state index in [1.807, 2.05) is 35.9 Å². The van der Waals surface area contributed by atoms with Crippen LogP contribution < -0.4 is 5.56 Å². The summed E-state index contributed by atoms with van der Waals surface area (Å²) in [5, 5.41) is 0.580. The predicted molar refractivity (Wildman–Crippen MR) is 117 cm³/mol. The lowest BCUT2D eigenvalue weighted by Crippen LogP contribution is -2.44. The quantitative estimate of drug-likeness (QED) is 0.701. The second-order valence-electron chi connectivity index (χ2n) is 8.23. The number of benzene rings is 1. The molecule has 2 aromatic rings. The number of amides is 2. The Kier molecular flexibility index (Phi) is 7.24. The van der Waals surface area contributed by atoms with E-state index in [9.17, 15) is 14.4 Å². The topological polar surface area (TPSA) is 75.5 Å². The first-order valence-corrected chi connectivity index (χ1v) is 10.9. The number of carbonyl (C=O) groups excluding carboxylic acids is 2. The molecule has 0 radical (unpaired) electrons. The molecule has 0 spiro atoms. The van der Waals surface area contributed by atoms with Gasteiger partial charge in [0.2, 0.25) is 11.8 Å². The predicted octanol–water partition coefficient (Wildman–Crippen LogP) is 2.59. The Balaban J connectivity index is 1.53. The Morgan fingerprint density at radius 1 is 1.23 bits per heavy atom. The molecule has 1 aromatic carbocycles. The van der Waals surface area contributed by atoms with Gasteiger partial charge in [-0.05, 0) is 37.8 Å². The Bertz CT molecular complexity index is 961. The van der Waals surface area contributed by atoms with Crippen molar-refractivity contribution in [2.75, 3.05) is 26.7 Å². The van der Waals surface area contributed by atoms with Gasteiger partial charge in [0.1, 0.15) is 0 Å². The molecule has 0 atom stereocenters. The molecule has 1 saturated heterocycles. The number of aromatic nitrogens is 2. The Hall–Kier alpha value is -2.70. The molecule has 7 nitrogen and oxygen atoms in total. The van der Waals surface area contributed by atoms with E-state index in [1.165, 1.54) is 10.9 Å². The zero-order valence-electron chi connectivity index (χ0n) is 18.3. The number of hydrogen-bond donors (Lipinski definition) is 0. The minimum Gasteiger partial charge on any atom is -0.346 e. The van der Waals surface area contributed by atoms with Gasteiger partial charge in [-0.3, -0.25) is 19.0 Å². The number of rotatable bonds is 7. The highest BCUT2D eigenvalue weighted by Gasteiger charge is 2.28. The average molecular weight is 413 g/mol. The van der Waals surface area contributed by atoms with Gasteiger partial charge in [0.25, 0.3) is 5.56 Å². The Morgan fingerprint density at radius 2 is 1.97 bits per heavy atom. The van der Waals surface area contributed by atoms with Crippen LogP contribution in [0.1, 0.15) is 44.6 Å². The summed E-state index contributed by atoms with van der Waals surface area (Å²) in [4.78, 5) is 45.9. The van der Waals surface area contributed by atoms with Gasteiger partial charge in [-0.15, -0.1) is 0 Å². The molecule has 0 N–H and O–H groups in total. The number of para-hydroxylation sites is 1. The van der Waals surface area contributed by atoms with Crippen LogP contribution in [0, 0.1) is 12.8 Å². The summed E-state index contributed by atoms with van der Waals surface area (Å²) in [6, 6.07) is 5.55. The van der Waals surface area contributed by atoms with Crippen LogP contribution in [0.3, 0.4) is 0 Å². The van der Waals surface area contributed by atoms with E-state index in [0.717, 1.165) is 24.9 Å². The van der Waals surface area contributed by atoms with Crippen molar-refractivity contribution in [1.29, 1.82) is 0 Å². The van der Waals surface area contributed by atoms with Crippen LogP contribution in [-0.4, -0.2) is 57.8 Å². The number of unbranched alkanes of at least 4 members (excludes halogenated alkanes) is 1. The lowest BCUT2D eigenvalue weighted by molar-refractivity contribution is -0.140. The summed E-state index contributed by atoms with van der Waals surface area (Å²) >= 11 is 0. The molecule has 0 aliphatic carbocycles. The summed E-state index contributed by atoms with van der Waals surface area (Å²) in [5.41, 5.74) is 1.56. The number of carbonyl (C=O) groups is 2. The molecule has 1 aromatic heterocycles. The van der Waals surface area contributed by atoms with Crippen LogP contribution in [0.5, 0.6) is 0 Å². The van der Waals surface area contributed by atoms with Crippen LogP contribution in [0.2, 0.25) is 0 Å². The lowest BCUT2D eigenvalue weighted by atomic mass is 9.95. The van der Waals surface area contributed by atoms with Gasteiger partial charge in [-0.2, -0.15) is 0 Å². The Morgan fingerprint density at radius 3 is 2.67 bits per heavy atom. The fraction of sp³-hybridized carbons (Fsp3) is 0.565. The maximum atomic E-state index is 12.7. The second kappa shape index (κ2) is 9.87. The third kappa shape index (κ3) is 4.89. The van der Waals surface area contributed by atoms with Gasteiger partial charge in [0.15, 0.2) is 0 Å². The van der Waals surface area contributed by atoms with Crippen molar-refractivity contribution >= 4 is 22.7 Å². The first kappa shape index (κ1) is 22.0. The third-order valence-electron chi connectivity index (χ3n) is 6.04. The van der Waals surface area contributed by atoms with Crippen molar-refractivity contribution in [2.45, 2.75) is 52.5 Å². The standard InChI is InChI=1S/C23H32N4O3/c1-4-5-12-25(3)22(29)18-9-13-26(14-10-18)20(28)11-15-27-16-24-21-17(2)7-6-8-19(21)23(27)30/h6-8,16,18H,4-5,9-15H2,1-3H3. The maximum absolute atomic E-state index is 12.7. The van der Waals surface area contributed by atoms with Crippen LogP contribution in [0.4, 0.5) is 0 Å². The SMILES string of the molecule is CCCCN(C)C(=O)C1CCN(C(=O)CCn2cnc3c(C)cccc3c2=O)CC1. The monoisotopic (exact) mass is 412 g/mol. The van der Waals surface area contributed by atoms with Crippen LogP contribution in [0.25, 0.3) is 10.9 Å². The minimum atomic E-state index is -0.115. The van der Waals surface area contributed by atoms with Gasteiger partial charge < -0.3 is 9.80 Å². The molecule has 2 amide bonds. The van der Waals surface area contributed by atoms with Gasteiger partial charge >= 0.3 is 0 Å². The first-order valence-electron chi connectivity index (χ1n) is 10.9. The lowest BCUT2D eigenvalue weighted by Gasteiger charge is -2.33. The summed E-state index contributed by atoms with van der Waals surface area (Å²) in [5.74, 6) is 0.225. The van der Waals surface area contributed by atoms with Crippen LogP contribution in [-0.2, 0) is 16.1 Å². The van der Waals surface area contributed by atoms with Crippen molar-refractivity contribution < 1.29 is 9.59 Å². The highest BCUT2D eigenvalue weighted by molar-refractivity contribution is 5.81. The maximum Gasteiger partial charge on any atom is 0.261 e. The Labute approximate surface area is 177 Å². The van der Waals surface area contributed by atoms with Crippen LogP contribution >= 0.6 is 0 Å². The van der Waals surface area contributed by atoms with E-state index in [2.05, 4.69) is 11.9 Å². The second-order valence-corrected chi connectivity index (χ2v) is 8.23. The molecule has 3 rings (SSSR count). The number of likely N-dealkylation sites (tertiary alicyclic amines) is 1. The molecule has 162 valence electrons. The van der Waals surface area contributed by atoms with E-state index >= 15 is 0 Å². The number of nitrogens with zero attached hydrogens (tertiary/aromatic N) is 4. The highest BCUT2D eigenvalue weighted by Crippen LogP contribution is 2.20. The van der Waals surface area contributed by atoms with E-state index in [4.69, 9.17) is 0 Å². The molecule has 0 unspecified atom stereocenters. The molecule has 1 fully saturated rings. The van der Waals surface area contributed by atoms with Crippen molar-refractivity contribution in [3.63, 3.8) is 0 Å². The number of aryl methyl sites for hydroxylation is 2. The average Bonchev–Trinajstić information content (AvgIpc) is 2.77. The molecule has 0 bridgehead atoms. The molecule has 1 aliphatic heterocycles. The number of hydrogen-bond acceptors (Lipinski definition) is 4. The smallest absolute Gasteiger partial charge is 0.261 e.